The van der Waals surface area contributed by atoms with Crippen LogP contribution in [0.5, 0.6) is 23.0 Å². The Bertz CT molecular complexity index is 704. The molecule has 2 aromatic rings. The standard InChI is InChI=1S/C14H10ClNO5/c15-7-9-1-3-12(11(5-9)16(17)18)21-10-2-4-13-14(6-10)20-8-19-13/h1-6H,7-8H2. The largest absolute Gasteiger partial charge is 0.454 e. The zero-order valence-electron chi connectivity index (χ0n) is 10.7. The molecule has 1 heterocycles. The summed E-state index contributed by atoms with van der Waals surface area (Å²) in [4.78, 5) is 10.6. The summed E-state index contributed by atoms with van der Waals surface area (Å²) in [5.74, 6) is 1.95. The highest BCUT2D eigenvalue weighted by molar-refractivity contribution is 6.17. The van der Waals surface area contributed by atoms with Crippen LogP contribution in [0.25, 0.3) is 0 Å². The molecule has 0 radical (unpaired) electrons. The minimum atomic E-state index is -0.502. The summed E-state index contributed by atoms with van der Waals surface area (Å²) in [6.07, 6.45) is 0. The fourth-order valence-corrected chi connectivity index (χ4v) is 2.11. The highest BCUT2D eigenvalue weighted by Crippen LogP contribution is 2.38. The molecule has 0 fully saturated rings. The first kappa shape index (κ1) is 13.5. The fraction of sp³-hybridized carbons (Fsp3) is 0.143. The molecular weight excluding hydrogens is 298 g/mol. The summed E-state index contributed by atoms with van der Waals surface area (Å²) in [6.45, 7) is 0.156. The van der Waals surface area contributed by atoms with Crippen molar-refractivity contribution in [3.8, 4) is 23.0 Å². The molecule has 0 bridgehead atoms. The summed E-state index contributed by atoms with van der Waals surface area (Å²) in [7, 11) is 0. The van der Waals surface area contributed by atoms with E-state index in [9.17, 15) is 10.1 Å². The molecule has 3 rings (SSSR count). The van der Waals surface area contributed by atoms with Crippen molar-refractivity contribution in [3.63, 3.8) is 0 Å². The van der Waals surface area contributed by atoms with Crippen molar-refractivity contribution in [2.45, 2.75) is 5.88 Å². The van der Waals surface area contributed by atoms with Gasteiger partial charge in [-0.1, -0.05) is 6.07 Å². The van der Waals surface area contributed by atoms with Crippen LogP contribution in [0.4, 0.5) is 5.69 Å². The average Bonchev–Trinajstić information content (AvgIpc) is 2.95. The van der Waals surface area contributed by atoms with E-state index in [1.165, 1.54) is 12.1 Å². The van der Waals surface area contributed by atoms with Gasteiger partial charge in [-0.15, -0.1) is 11.6 Å². The van der Waals surface area contributed by atoms with Crippen LogP contribution in [0.2, 0.25) is 0 Å². The molecule has 21 heavy (non-hydrogen) atoms. The number of nitrogens with zero attached hydrogens (tertiary/aromatic N) is 1. The number of ether oxygens (including phenoxy) is 3. The van der Waals surface area contributed by atoms with E-state index in [1.54, 1.807) is 24.3 Å². The van der Waals surface area contributed by atoms with Gasteiger partial charge in [-0.2, -0.15) is 0 Å². The third-order valence-electron chi connectivity index (χ3n) is 2.95. The van der Waals surface area contributed by atoms with E-state index in [0.29, 0.717) is 22.8 Å². The van der Waals surface area contributed by atoms with Crippen molar-refractivity contribution in [1.29, 1.82) is 0 Å². The van der Waals surface area contributed by atoms with Gasteiger partial charge in [-0.3, -0.25) is 10.1 Å². The molecule has 0 atom stereocenters. The maximum atomic E-state index is 11.1. The smallest absolute Gasteiger partial charge is 0.311 e. The zero-order chi connectivity index (χ0) is 14.8. The average molecular weight is 308 g/mol. The lowest BCUT2D eigenvalue weighted by Crippen LogP contribution is -1.95. The third-order valence-corrected chi connectivity index (χ3v) is 3.25. The number of hydrogen-bond donors (Lipinski definition) is 0. The molecule has 0 saturated heterocycles. The van der Waals surface area contributed by atoms with Crippen molar-refractivity contribution in [2.75, 3.05) is 6.79 Å². The maximum absolute atomic E-state index is 11.1. The van der Waals surface area contributed by atoms with Gasteiger partial charge in [-0.05, 0) is 23.8 Å². The van der Waals surface area contributed by atoms with Crippen molar-refractivity contribution < 1.29 is 19.1 Å². The number of alkyl halides is 1. The SMILES string of the molecule is O=[N+]([O-])c1cc(CCl)ccc1Oc1ccc2c(c1)OCO2. The van der Waals surface area contributed by atoms with Crippen molar-refractivity contribution in [3.05, 3.63) is 52.1 Å². The van der Waals surface area contributed by atoms with E-state index in [-0.39, 0.29) is 24.1 Å². The summed E-state index contributed by atoms with van der Waals surface area (Å²) in [6, 6.07) is 9.59. The number of rotatable bonds is 4. The third kappa shape index (κ3) is 2.71. The molecule has 1 aliphatic heterocycles. The Morgan fingerprint density at radius 3 is 2.76 bits per heavy atom. The molecule has 6 nitrogen and oxygen atoms in total. The van der Waals surface area contributed by atoms with Crippen LogP contribution in [0, 0.1) is 10.1 Å². The summed E-state index contributed by atoms with van der Waals surface area (Å²) < 4.78 is 16.0. The lowest BCUT2D eigenvalue weighted by molar-refractivity contribution is -0.385. The minimum absolute atomic E-state index is 0.134. The highest BCUT2D eigenvalue weighted by Gasteiger charge is 2.19. The van der Waals surface area contributed by atoms with Gasteiger partial charge in [0.25, 0.3) is 0 Å². The van der Waals surface area contributed by atoms with E-state index < -0.39 is 4.92 Å². The van der Waals surface area contributed by atoms with Crippen LogP contribution in [-0.4, -0.2) is 11.7 Å². The number of fused-ring (bicyclic) bond motifs is 1. The van der Waals surface area contributed by atoms with E-state index in [0.717, 1.165) is 0 Å². The highest BCUT2D eigenvalue weighted by atomic mass is 35.5. The van der Waals surface area contributed by atoms with E-state index in [1.807, 2.05) is 0 Å². The van der Waals surface area contributed by atoms with Crippen molar-refractivity contribution >= 4 is 17.3 Å². The first-order valence-corrected chi connectivity index (χ1v) is 6.61. The second-order valence-corrected chi connectivity index (χ2v) is 4.58. The molecule has 7 heteroatoms. The number of nitro groups is 1. The zero-order valence-corrected chi connectivity index (χ0v) is 11.5. The maximum Gasteiger partial charge on any atom is 0.311 e. The lowest BCUT2D eigenvalue weighted by Gasteiger charge is -2.08. The Balaban J connectivity index is 1.92. The summed E-state index contributed by atoms with van der Waals surface area (Å²) in [5.41, 5.74) is 0.521. The van der Waals surface area contributed by atoms with E-state index in [4.69, 9.17) is 25.8 Å². The molecule has 0 spiro atoms. The molecular formula is C14H10ClNO5. The fourth-order valence-electron chi connectivity index (χ4n) is 1.94. The Morgan fingerprint density at radius 1 is 1.19 bits per heavy atom. The summed E-state index contributed by atoms with van der Waals surface area (Å²) >= 11 is 5.69. The van der Waals surface area contributed by atoms with Gasteiger partial charge in [0.1, 0.15) is 5.75 Å². The van der Waals surface area contributed by atoms with E-state index in [2.05, 4.69) is 0 Å². The molecule has 0 aliphatic carbocycles. The Hall–Kier alpha value is -2.47. The molecule has 2 aromatic carbocycles. The summed E-state index contributed by atoms with van der Waals surface area (Å²) in [5, 5.41) is 11.1. The van der Waals surface area contributed by atoms with Crippen LogP contribution >= 0.6 is 11.6 Å². The molecule has 108 valence electrons. The van der Waals surface area contributed by atoms with Gasteiger partial charge in [0.2, 0.25) is 12.5 Å². The van der Waals surface area contributed by atoms with Gasteiger partial charge < -0.3 is 14.2 Å². The molecule has 0 amide bonds. The topological polar surface area (TPSA) is 70.8 Å². The number of benzene rings is 2. The molecule has 0 aromatic heterocycles. The normalized spacial score (nSPS) is 12.2. The lowest BCUT2D eigenvalue weighted by atomic mass is 10.2. The second kappa shape index (κ2) is 5.49. The van der Waals surface area contributed by atoms with Crippen LogP contribution < -0.4 is 14.2 Å². The van der Waals surface area contributed by atoms with Gasteiger partial charge in [0.05, 0.1) is 4.92 Å². The van der Waals surface area contributed by atoms with Crippen molar-refractivity contribution in [1.82, 2.24) is 0 Å². The van der Waals surface area contributed by atoms with Gasteiger partial charge >= 0.3 is 5.69 Å². The van der Waals surface area contributed by atoms with Gasteiger partial charge in [-0.25, -0.2) is 0 Å². The Labute approximate surface area is 125 Å². The molecule has 0 saturated carbocycles. The van der Waals surface area contributed by atoms with E-state index >= 15 is 0 Å². The molecule has 0 unspecified atom stereocenters. The monoisotopic (exact) mass is 307 g/mol. The van der Waals surface area contributed by atoms with Crippen LogP contribution in [-0.2, 0) is 5.88 Å². The number of hydrogen-bond acceptors (Lipinski definition) is 5. The Morgan fingerprint density at radius 2 is 2.00 bits per heavy atom. The molecule has 0 N–H and O–H groups in total. The second-order valence-electron chi connectivity index (χ2n) is 4.31. The first-order valence-electron chi connectivity index (χ1n) is 6.08. The van der Waals surface area contributed by atoms with Gasteiger partial charge in [0.15, 0.2) is 11.5 Å². The van der Waals surface area contributed by atoms with Gasteiger partial charge in [0, 0.05) is 18.0 Å². The number of nitro benzene ring substituents is 1. The van der Waals surface area contributed by atoms with Crippen molar-refractivity contribution in [2.24, 2.45) is 0 Å². The first-order chi connectivity index (χ1) is 10.2. The number of halogens is 1. The predicted octanol–water partition coefficient (Wildman–Crippen LogP) is 3.85. The predicted molar refractivity (Wildman–Crippen MR) is 75.3 cm³/mol. The van der Waals surface area contributed by atoms with Crippen LogP contribution in [0.15, 0.2) is 36.4 Å². The molecule has 1 aliphatic rings. The Kier molecular flexibility index (Phi) is 3.53. The van der Waals surface area contributed by atoms with Crippen LogP contribution in [0.1, 0.15) is 5.56 Å². The van der Waals surface area contributed by atoms with Crippen LogP contribution in [0.3, 0.4) is 0 Å². The minimum Gasteiger partial charge on any atom is -0.454 e. The quantitative estimate of drug-likeness (QED) is 0.487.